The van der Waals surface area contributed by atoms with Gasteiger partial charge in [-0.3, -0.25) is 19.0 Å². The van der Waals surface area contributed by atoms with E-state index in [9.17, 15) is 18.8 Å². The molecule has 0 unspecified atom stereocenters. The highest BCUT2D eigenvalue weighted by molar-refractivity contribution is 6.04. The highest BCUT2D eigenvalue weighted by Gasteiger charge is 2.29. The van der Waals surface area contributed by atoms with Crippen LogP contribution in [0.5, 0.6) is 0 Å². The van der Waals surface area contributed by atoms with Gasteiger partial charge in [-0.05, 0) is 31.2 Å². The van der Waals surface area contributed by atoms with Crippen LogP contribution in [0, 0.1) is 5.82 Å². The molecular weight excluding hydrogens is 363 g/mol. The number of para-hydroxylation sites is 2. The SMILES string of the molecule is C[C@@H]1CC(=O)Nc2ccccc2N1C(=O)Cn1cnc2cc(F)ccc2c1=O. The molecule has 0 saturated carbocycles. The second-order valence-electron chi connectivity index (χ2n) is 6.72. The van der Waals surface area contributed by atoms with Crippen LogP contribution in [0.15, 0.2) is 53.6 Å². The van der Waals surface area contributed by atoms with Gasteiger partial charge in [0.1, 0.15) is 12.4 Å². The minimum atomic E-state index is -0.486. The number of nitrogens with one attached hydrogen (secondary N) is 1. The summed E-state index contributed by atoms with van der Waals surface area (Å²) in [6, 6.07) is 10.4. The van der Waals surface area contributed by atoms with Crippen LogP contribution >= 0.6 is 0 Å². The lowest BCUT2D eigenvalue weighted by atomic mass is 10.1. The predicted octanol–water partition coefficient (Wildman–Crippen LogP) is 2.30. The molecule has 3 aromatic rings. The average molecular weight is 380 g/mol. The summed E-state index contributed by atoms with van der Waals surface area (Å²) in [6.45, 7) is 1.54. The molecule has 0 radical (unpaired) electrons. The van der Waals surface area contributed by atoms with Crippen LogP contribution < -0.4 is 15.8 Å². The van der Waals surface area contributed by atoms with Crippen LogP contribution in [0.3, 0.4) is 0 Å². The van der Waals surface area contributed by atoms with Crippen molar-refractivity contribution in [2.75, 3.05) is 10.2 Å². The van der Waals surface area contributed by atoms with Crippen LogP contribution in [0.4, 0.5) is 15.8 Å². The Morgan fingerprint density at radius 3 is 2.86 bits per heavy atom. The Balaban J connectivity index is 1.71. The van der Waals surface area contributed by atoms with Gasteiger partial charge in [0, 0.05) is 18.5 Å². The molecule has 1 aromatic heterocycles. The molecule has 1 aliphatic heterocycles. The summed E-state index contributed by atoms with van der Waals surface area (Å²) in [5.41, 5.74) is 0.930. The number of aromatic nitrogens is 2. The number of rotatable bonds is 2. The number of anilines is 2. The Kier molecular flexibility index (Phi) is 4.38. The third kappa shape index (κ3) is 3.13. The lowest BCUT2D eigenvalue weighted by molar-refractivity contribution is -0.120. The van der Waals surface area contributed by atoms with Crippen LogP contribution in [0.1, 0.15) is 13.3 Å². The average Bonchev–Trinajstić information content (AvgIpc) is 2.78. The zero-order valence-corrected chi connectivity index (χ0v) is 15.1. The molecule has 4 rings (SSSR count). The summed E-state index contributed by atoms with van der Waals surface area (Å²) in [5, 5.41) is 3.03. The minimum absolute atomic E-state index is 0.143. The van der Waals surface area contributed by atoms with E-state index in [2.05, 4.69) is 10.3 Å². The number of halogens is 1. The van der Waals surface area contributed by atoms with Gasteiger partial charge in [-0.25, -0.2) is 9.37 Å². The maximum absolute atomic E-state index is 13.3. The molecule has 1 N–H and O–H groups in total. The zero-order valence-electron chi connectivity index (χ0n) is 15.1. The first-order valence-electron chi connectivity index (χ1n) is 8.79. The van der Waals surface area contributed by atoms with E-state index < -0.39 is 11.4 Å². The van der Waals surface area contributed by atoms with E-state index in [4.69, 9.17) is 0 Å². The smallest absolute Gasteiger partial charge is 0.261 e. The molecule has 7 nitrogen and oxygen atoms in total. The van der Waals surface area contributed by atoms with E-state index in [0.29, 0.717) is 11.4 Å². The molecule has 1 aliphatic rings. The second kappa shape index (κ2) is 6.88. The largest absolute Gasteiger partial charge is 0.324 e. The predicted molar refractivity (Wildman–Crippen MR) is 103 cm³/mol. The molecule has 8 heteroatoms. The van der Waals surface area contributed by atoms with Crippen molar-refractivity contribution in [3.63, 3.8) is 0 Å². The molecule has 0 fully saturated rings. The lowest BCUT2D eigenvalue weighted by Crippen LogP contribution is -2.42. The first-order valence-corrected chi connectivity index (χ1v) is 8.79. The van der Waals surface area contributed by atoms with Crippen molar-refractivity contribution in [1.29, 1.82) is 0 Å². The first kappa shape index (κ1) is 17.8. The van der Waals surface area contributed by atoms with Crippen molar-refractivity contribution < 1.29 is 14.0 Å². The standard InChI is InChI=1S/C20H17FN4O3/c1-12-8-18(26)23-15-4-2-3-5-17(15)25(12)19(27)10-24-11-22-16-9-13(21)6-7-14(16)20(24)28/h2-7,9,11-12H,8,10H2,1H3,(H,23,26)/t12-/m1/s1. The Labute approximate surface area is 159 Å². The Hall–Kier alpha value is -3.55. The Morgan fingerprint density at radius 2 is 2.04 bits per heavy atom. The van der Waals surface area contributed by atoms with Crippen LogP contribution in [0.25, 0.3) is 10.9 Å². The number of benzene rings is 2. The van der Waals surface area contributed by atoms with Crippen LogP contribution in [-0.2, 0) is 16.1 Å². The van der Waals surface area contributed by atoms with Crippen LogP contribution in [0.2, 0.25) is 0 Å². The minimum Gasteiger partial charge on any atom is -0.324 e. The quantitative estimate of drug-likeness (QED) is 0.739. The number of fused-ring (bicyclic) bond motifs is 2. The number of carbonyl (C=O) groups is 2. The summed E-state index contributed by atoms with van der Waals surface area (Å²) >= 11 is 0. The molecule has 28 heavy (non-hydrogen) atoms. The maximum Gasteiger partial charge on any atom is 0.261 e. The third-order valence-electron chi connectivity index (χ3n) is 4.72. The van der Waals surface area contributed by atoms with Gasteiger partial charge >= 0.3 is 0 Å². The maximum atomic E-state index is 13.3. The second-order valence-corrected chi connectivity index (χ2v) is 6.72. The van der Waals surface area contributed by atoms with E-state index in [1.165, 1.54) is 34.0 Å². The summed E-state index contributed by atoms with van der Waals surface area (Å²) in [7, 11) is 0. The fourth-order valence-corrected chi connectivity index (χ4v) is 3.43. The van der Waals surface area contributed by atoms with Gasteiger partial charge in [0.05, 0.1) is 28.6 Å². The van der Waals surface area contributed by atoms with Crippen molar-refractivity contribution >= 4 is 34.1 Å². The van der Waals surface area contributed by atoms with Crippen molar-refractivity contribution in [1.82, 2.24) is 9.55 Å². The normalized spacial score (nSPS) is 16.4. The van der Waals surface area contributed by atoms with Gasteiger partial charge in [-0.15, -0.1) is 0 Å². The van der Waals surface area contributed by atoms with Gasteiger partial charge in [0.15, 0.2) is 0 Å². The lowest BCUT2D eigenvalue weighted by Gasteiger charge is -2.28. The number of carbonyl (C=O) groups excluding carboxylic acids is 2. The molecule has 1 atom stereocenters. The Bertz CT molecular complexity index is 1160. The van der Waals surface area contributed by atoms with Gasteiger partial charge < -0.3 is 10.2 Å². The van der Waals surface area contributed by atoms with E-state index in [1.54, 1.807) is 31.2 Å². The van der Waals surface area contributed by atoms with Crippen molar-refractivity contribution in [2.45, 2.75) is 25.9 Å². The number of hydrogen-bond donors (Lipinski definition) is 1. The zero-order chi connectivity index (χ0) is 19.8. The van der Waals surface area contributed by atoms with E-state index in [-0.39, 0.29) is 41.7 Å². The molecule has 2 heterocycles. The first-order chi connectivity index (χ1) is 13.4. The monoisotopic (exact) mass is 380 g/mol. The molecule has 0 spiro atoms. The van der Waals surface area contributed by atoms with Crippen molar-refractivity contribution in [2.24, 2.45) is 0 Å². The molecule has 142 valence electrons. The summed E-state index contributed by atoms with van der Waals surface area (Å²) < 4.78 is 14.5. The van der Waals surface area contributed by atoms with Gasteiger partial charge in [0.2, 0.25) is 11.8 Å². The summed E-state index contributed by atoms with van der Waals surface area (Å²) in [4.78, 5) is 43.4. The molecule has 0 bridgehead atoms. The highest BCUT2D eigenvalue weighted by atomic mass is 19.1. The number of nitrogens with zero attached hydrogens (tertiary/aromatic N) is 3. The highest BCUT2D eigenvalue weighted by Crippen LogP contribution is 2.31. The van der Waals surface area contributed by atoms with Crippen LogP contribution in [-0.4, -0.2) is 27.4 Å². The molecule has 2 amide bonds. The van der Waals surface area contributed by atoms with E-state index >= 15 is 0 Å². The van der Waals surface area contributed by atoms with Gasteiger partial charge in [-0.1, -0.05) is 12.1 Å². The topological polar surface area (TPSA) is 84.3 Å². The fraction of sp³-hybridized carbons (Fsp3) is 0.200. The summed E-state index contributed by atoms with van der Waals surface area (Å²) in [5.74, 6) is -1.01. The molecule has 2 aromatic carbocycles. The third-order valence-corrected chi connectivity index (χ3v) is 4.72. The van der Waals surface area contributed by atoms with Gasteiger partial charge in [-0.2, -0.15) is 0 Å². The molecule has 0 saturated heterocycles. The number of amides is 2. The molecule has 0 aliphatic carbocycles. The van der Waals surface area contributed by atoms with E-state index in [1.807, 2.05) is 0 Å². The summed E-state index contributed by atoms with van der Waals surface area (Å²) in [6.07, 6.45) is 1.38. The number of hydrogen-bond acceptors (Lipinski definition) is 4. The van der Waals surface area contributed by atoms with Crippen molar-refractivity contribution in [3.05, 3.63) is 65.0 Å². The van der Waals surface area contributed by atoms with Crippen molar-refractivity contribution in [3.8, 4) is 0 Å². The fourth-order valence-electron chi connectivity index (χ4n) is 3.43. The molecular formula is C20H17FN4O3. The Morgan fingerprint density at radius 1 is 1.25 bits per heavy atom. The van der Waals surface area contributed by atoms with E-state index in [0.717, 1.165) is 0 Å². The van der Waals surface area contributed by atoms with Gasteiger partial charge in [0.25, 0.3) is 5.56 Å².